The molecule has 1 amide bonds. The van der Waals surface area contributed by atoms with Crippen molar-refractivity contribution in [1.82, 2.24) is 10.6 Å². The van der Waals surface area contributed by atoms with Crippen LogP contribution in [0.2, 0.25) is 0 Å². The summed E-state index contributed by atoms with van der Waals surface area (Å²) in [6.07, 6.45) is 2.02. The Bertz CT molecular complexity index is 699. The van der Waals surface area contributed by atoms with Crippen LogP contribution in [-0.4, -0.2) is 32.1 Å². The quantitative estimate of drug-likeness (QED) is 0.891. The summed E-state index contributed by atoms with van der Waals surface area (Å²) in [6, 6.07) is 12.5. The Hall–Kier alpha value is -1.78. The van der Waals surface area contributed by atoms with Crippen LogP contribution in [0, 0.1) is 0 Å². The number of rotatable bonds is 4. The predicted molar refractivity (Wildman–Crippen MR) is 100 cm³/mol. The van der Waals surface area contributed by atoms with Crippen molar-refractivity contribution >= 4 is 29.1 Å². The van der Waals surface area contributed by atoms with E-state index in [9.17, 15) is 4.79 Å². The van der Waals surface area contributed by atoms with Crippen LogP contribution in [0.15, 0.2) is 36.4 Å². The number of carbonyl (C=O) groups excluding carboxylic acids is 1. The highest BCUT2D eigenvalue weighted by molar-refractivity contribution is 5.88. The summed E-state index contributed by atoms with van der Waals surface area (Å²) in [4.78, 5) is 12.5. The fourth-order valence-corrected chi connectivity index (χ4v) is 3.08. The van der Waals surface area contributed by atoms with Gasteiger partial charge in [0, 0.05) is 6.04 Å². The fraction of sp³-hybridized carbons (Fsp3) is 0.421. The van der Waals surface area contributed by atoms with Crippen molar-refractivity contribution in [3.63, 3.8) is 0 Å². The standard InChI is InChI=1S/C19H24N2O2.ClH/c1-13(19(22)21-17-7-9-20-10-8-17)14-3-4-16-12-18(23-2)6-5-15(16)11-14;/h3-6,11-13,17,20H,7-10H2,1-2H3,(H,21,22);1H. The van der Waals surface area contributed by atoms with Gasteiger partial charge in [-0.15, -0.1) is 12.4 Å². The molecule has 1 atom stereocenters. The normalized spacial score (nSPS) is 16.2. The van der Waals surface area contributed by atoms with Gasteiger partial charge in [-0.3, -0.25) is 4.79 Å². The molecule has 24 heavy (non-hydrogen) atoms. The molecule has 0 bridgehead atoms. The molecule has 2 aromatic rings. The van der Waals surface area contributed by atoms with Gasteiger partial charge in [-0.25, -0.2) is 0 Å². The van der Waals surface area contributed by atoms with Gasteiger partial charge < -0.3 is 15.4 Å². The average Bonchev–Trinajstić information content (AvgIpc) is 2.61. The average molecular weight is 349 g/mol. The molecule has 0 aromatic heterocycles. The Morgan fingerprint density at radius 3 is 2.54 bits per heavy atom. The SMILES string of the molecule is COc1ccc2cc(C(C)C(=O)NC3CCNCC3)ccc2c1.Cl. The second-order valence-electron chi connectivity index (χ2n) is 6.23. The third-order valence-electron chi connectivity index (χ3n) is 4.65. The number of benzene rings is 2. The van der Waals surface area contributed by atoms with Crippen LogP contribution in [0.25, 0.3) is 10.8 Å². The van der Waals surface area contributed by atoms with E-state index < -0.39 is 0 Å². The smallest absolute Gasteiger partial charge is 0.227 e. The van der Waals surface area contributed by atoms with Crippen molar-refractivity contribution in [3.05, 3.63) is 42.0 Å². The maximum atomic E-state index is 12.5. The number of amides is 1. The molecule has 3 rings (SSSR count). The number of piperidine rings is 1. The number of halogens is 1. The largest absolute Gasteiger partial charge is 0.497 e. The lowest BCUT2D eigenvalue weighted by molar-refractivity contribution is -0.123. The van der Waals surface area contributed by atoms with Gasteiger partial charge in [0.1, 0.15) is 5.75 Å². The Labute approximate surface area is 149 Å². The molecule has 1 saturated heterocycles. The zero-order valence-electron chi connectivity index (χ0n) is 14.2. The van der Waals surface area contributed by atoms with Crippen molar-refractivity contribution < 1.29 is 9.53 Å². The van der Waals surface area contributed by atoms with Crippen molar-refractivity contribution in [2.75, 3.05) is 20.2 Å². The second-order valence-corrected chi connectivity index (χ2v) is 6.23. The number of methoxy groups -OCH3 is 1. The highest BCUT2D eigenvalue weighted by Gasteiger charge is 2.20. The van der Waals surface area contributed by atoms with Crippen molar-refractivity contribution in [2.45, 2.75) is 31.7 Å². The summed E-state index contributed by atoms with van der Waals surface area (Å²) in [5.41, 5.74) is 1.05. The van der Waals surface area contributed by atoms with Crippen LogP contribution in [0.1, 0.15) is 31.2 Å². The van der Waals surface area contributed by atoms with Crippen LogP contribution in [0.5, 0.6) is 5.75 Å². The number of nitrogens with one attached hydrogen (secondary N) is 2. The summed E-state index contributed by atoms with van der Waals surface area (Å²) >= 11 is 0. The monoisotopic (exact) mass is 348 g/mol. The maximum absolute atomic E-state index is 12.5. The summed E-state index contributed by atoms with van der Waals surface area (Å²) in [5.74, 6) is 0.822. The van der Waals surface area contributed by atoms with Crippen LogP contribution >= 0.6 is 12.4 Å². The molecule has 130 valence electrons. The van der Waals surface area contributed by atoms with Gasteiger partial charge >= 0.3 is 0 Å². The van der Waals surface area contributed by atoms with Gasteiger partial charge in [-0.2, -0.15) is 0 Å². The van der Waals surface area contributed by atoms with Gasteiger partial charge in [0.2, 0.25) is 5.91 Å². The first-order valence-corrected chi connectivity index (χ1v) is 8.26. The van der Waals surface area contributed by atoms with E-state index in [2.05, 4.69) is 22.8 Å². The molecular weight excluding hydrogens is 324 g/mol. The summed E-state index contributed by atoms with van der Waals surface area (Å²) < 4.78 is 5.25. The number of hydrogen-bond donors (Lipinski definition) is 2. The zero-order chi connectivity index (χ0) is 16.2. The molecule has 1 fully saturated rings. The van der Waals surface area contributed by atoms with E-state index in [0.29, 0.717) is 6.04 Å². The number of ether oxygens (including phenoxy) is 1. The van der Waals surface area contributed by atoms with Gasteiger partial charge in [0.15, 0.2) is 0 Å². The summed E-state index contributed by atoms with van der Waals surface area (Å²) in [6.45, 7) is 3.94. The molecular formula is C19H25ClN2O2. The van der Waals surface area contributed by atoms with E-state index in [1.54, 1.807) is 7.11 Å². The van der Waals surface area contributed by atoms with E-state index in [4.69, 9.17) is 4.74 Å². The molecule has 0 saturated carbocycles. The lowest BCUT2D eigenvalue weighted by Crippen LogP contribution is -2.44. The van der Waals surface area contributed by atoms with Crippen LogP contribution in [0.3, 0.4) is 0 Å². The van der Waals surface area contributed by atoms with Crippen LogP contribution in [0.4, 0.5) is 0 Å². The minimum absolute atomic E-state index is 0. The van der Waals surface area contributed by atoms with E-state index in [-0.39, 0.29) is 24.2 Å². The lowest BCUT2D eigenvalue weighted by atomic mass is 9.96. The molecule has 0 spiro atoms. The Morgan fingerprint density at radius 1 is 1.17 bits per heavy atom. The van der Waals surface area contributed by atoms with Gasteiger partial charge in [-0.1, -0.05) is 24.3 Å². The Kier molecular flexibility index (Phi) is 6.46. The highest BCUT2D eigenvalue weighted by Crippen LogP contribution is 2.25. The summed E-state index contributed by atoms with van der Waals surface area (Å²) in [7, 11) is 1.67. The molecule has 1 unspecified atom stereocenters. The number of hydrogen-bond acceptors (Lipinski definition) is 3. The molecule has 0 aliphatic carbocycles. The molecule has 2 aromatic carbocycles. The van der Waals surface area contributed by atoms with E-state index in [1.807, 2.05) is 31.2 Å². The van der Waals surface area contributed by atoms with E-state index in [1.165, 1.54) is 0 Å². The molecule has 0 radical (unpaired) electrons. The molecule has 2 N–H and O–H groups in total. The van der Waals surface area contributed by atoms with Crippen molar-refractivity contribution in [2.24, 2.45) is 0 Å². The molecule has 1 aliphatic heterocycles. The third kappa shape index (κ3) is 4.19. The number of carbonyl (C=O) groups is 1. The second kappa shape index (κ2) is 8.36. The van der Waals surface area contributed by atoms with Gasteiger partial charge in [-0.05, 0) is 61.3 Å². The first kappa shape index (κ1) is 18.6. The van der Waals surface area contributed by atoms with Crippen LogP contribution in [-0.2, 0) is 4.79 Å². The minimum Gasteiger partial charge on any atom is -0.497 e. The van der Waals surface area contributed by atoms with E-state index in [0.717, 1.165) is 48.0 Å². The predicted octanol–water partition coefficient (Wildman–Crippen LogP) is 3.24. The lowest BCUT2D eigenvalue weighted by Gasteiger charge is -2.25. The first-order valence-electron chi connectivity index (χ1n) is 8.26. The molecule has 1 heterocycles. The van der Waals surface area contributed by atoms with Gasteiger partial charge in [0.05, 0.1) is 13.0 Å². The topological polar surface area (TPSA) is 50.4 Å². The van der Waals surface area contributed by atoms with E-state index >= 15 is 0 Å². The molecule has 4 nitrogen and oxygen atoms in total. The third-order valence-corrected chi connectivity index (χ3v) is 4.65. The molecule has 5 heteroatoms. The summed E-state index contributed by atoms with van der Waals surface area (Å²) in [5, 5.41) is 8.75. The van der Waals surface area contributed by atoms with Crippen molar-refractivity contribution in [3.8, 4) is 5.75 Å². The fourth-order valence-electron chi connectivity index (χ4n) is 3.08. The highest BCUT2D eigenvalue weighted by atomic mass is 35.5. The maximum Gasteiger partial charge on any atom is 0.227 e. The first-order chi connectivity index (χ1) is 11.2. The minimum atomic E-state index is -0.142. The Morgan fingerprint density at radius 2 is 1.83 bits per heavy atom. The number of fused-ring (bicyclic) bond motifs is 1. The van der Waals surface area contributed by atoms with Crippen LogP contribution < -0.4 is 15.4 Å². The zero-order valence-corrected chi connectivity index (χ0v) is 15.0. The molecule has 1 aliphatic rings. The van der Waals surface area contributed by atoms with Crippen molar-refractivity contribution in [1.29, 1.82) is 0 Å². The Balaban J connectivity index is 0.00000208. The van der Waals surface area contributed by atoms with Gasteiger partial charge in [0.25, 0.3) is 0 Å².